The predicted octanol–water partition coefficient (Wildman–Crippen LogP) is 2.78. The van der Waals surface area contributed by atoms with Crippen LogP contribution in [-0.2, 0) is 16.0 Å². The van der Waals surface area contributed by atoms with Crippen molar-refractivity contribution in [1.82, 2.24) is 15.1 Å². The van der Waals surface area contributed by atoms with Gasteiger partial charge < -0.3 is 26.0 Å². The van der Waals surface area contributed by atoms with Crippen molar-refractivity contribution in [2.75, 3.05) is 25.5 Å². The van der Waals surface area contributed by atoms with Crippen LogP contribution < -0.4 is 21.1 Å². The van der Waals surface area contributed by atoms with E-state index in [1.807, 2.05) is 17.5 Å². The molecular weight excluding hydrogens is 466 g/mol. The van der Waals surface area contributed by atoms with Gasteiger partial charge in [0.1, 0.15) is 5.75 Å². The average Bonchev–Trinajstić information content (AvgIpc) is 3.38. The lowest BCUT2D eigenvalue weighted by atomic mass is 9.91. The Morgan fingerprint density at radius 3 is 2.43 bits per heavy atom. The molecule has 2 fully saturated rings. The normalized spacial score (nSPS) is 22.4. The highest BCUT2D eigenvalue weighted by Crippen LogP contribution is 2.23. The molecule has 2 aliphatic rings. The Balaban J connectivity index is 1.52. The molecule has 1 aromatic carbocycles. The number of urea groups is 1. The Labute approximate surface area is 209 Å². The van der Waals surface area contributed by atoms with E-state index in [-0.39, 0.29) is 30.3 Å². The van der Waals surface area contributed by atoms with Gasteiger partial charge >= 0.3 is 6.03 Å². The van der Waals surface area contributed by atoms with Crippen LogP contribution in [0.3, 0.4) is 0 Å². The quantitative estimate of drug-likeness (QED) is 0.565. The fraction of sp³-hybridized carbons (Fsp3) is 0.480. The zero-order valence-corrected chi connectivity index (χ0v) is 20.8. The van der Waals surface area contributed by atoms with Gasteiger partial charge in [0.25, 0.3) is 5.91 Å². The van der Waals surface area contributed by atoms with Crippen molar-refractivity contribution in [3.63, 3.8) is 0 Å². The first-order chi connectivity index (χ1) is 16.9. The number of anilines is 1. The molecule has 2 aromatic rings. The Kier molecular flexibility index (Phi) is 8.25. The van der Waals surface area contributed by atoms with Gasteiger partial charge in [-0.25, -0.2) is 4.79 Å². The molecule has 1 aliphatic heterocycles. The predicted molar refractivity (Wildman–Crippen MR) is 135 cm³/mol. The summed E-state index contributed by atoms with van der Waals surface area (Å²) in [7, 11) is 1.58. The Hall–Kier alpha value is -3.11. The number of hydrogen-bond donors (Lipinski definition) is 3. The van der Waals surface area contributed by atoms with Gasteiger partial charge in [0.15, 0.2) is 6.17 Å². The van der Waals surface area contributed by atoms with Gasteiger partial charge in [-0.2, -0.15) is 0 Å². The van der Waals surface area contributed by atoms with E-state index in [9.17, 15) is 14.4 Å². The number of hydrogen-bond acceptors (Lipinski definition) is 6. The number of nitrogens with zero attached hydrogens (tertiary/aromatic N) is 2. The molecule has 2 heterocycles. The maximum absolute atomic E-state index is 13.5. The first kappa shape index (κ1) is 25.0. The van der Waals surface area contributed by atoms with E-state index in [0.29, 0.717) is 30.9 Å². The van der Waals surface area contributed by atoms with Crippen LogP contribution in [0.4, 0.5) is 10.5 Å². The van der Waals surface area contributed by atoms with Gasteiger partial charge in [0.05, 0.1) is 13.5 Å². The lowest BCUT2D eigenvalue weighted by molar-refractivity contribution is -0.148. The van der Waals surface area contributed by atoms with Crippen molar-refractivity contribution in [3.8, 4) is 5.75 Å². The number of nitrogens with two attached hydrogens (primary N) is 1. The number of nitrogens with one attached hydrogen (secondary N) is 2. The number of amides is 4. The molecule has 0 bridgehead atoms. The lowest BCUT2D eigenvalue weighted by Gasteiger charge is -2.43. The van der Waals surface area contributed by atoms with E-state index in [1.165, 1.54) is 16.2 Å². The van der Waals surface area contributed by atoms with E-state index in [1.54, 1.807) is 36.3 Å². The van der Waals surface area contributed by atoms with Crippen LogP contribution in [0.15, 0.2) is 41.8 Å². The monoisotopic (exact) mass is 499 g/mol. The fourth-order valence-corrected chi connectivity index (χ4v) is 5.35. The second kappa shape index (κ2) is 11.5. The van der Waals surface area contributed by atoms with Crippen molar-refractivity contribution in [2.45, 2.75) is 56.8 Å². The van der Waals surface area contributed by atoms with Crippen LogP contribution in [0.1, 0.15) is 37.0 Å². The van der Waals surface area contributed by atoms with Gasteiger partial charge in [-0.3, -0.25) is 14.5 Å². The molecule has 188 valence electrons. The number of carbonyl (C=O) groups excluding carboxylic acids is 3. The first-order valence-electron chi connectivity index (χ1n) is 12.0. The Morgan fingerprint density at radius 2 is 1.77 bits per heavy atom. The standard InChI is InChI=1S/C25H33N5O4S/c1-34-20-11-9-19(10-12-20)28-25(33)30-14-3-13-29(22(31)16-21-4-2-15-35-21)24(30)23(32)27-18-7-5-17(26)6-8-18/h2,4,9-12,15,17-18,24H,3,5-8,13-14,16,26H2,1H3,(H,27,32)(H,28,33). The van der Waals surface area contributed by atoms with Gasteiger partial charge in [0, 0.05) is 35.7 Å². The van der Waals surface area contributed by atoms with Crippen molar-refractivity contribution in [1.29, 1.82) is 0 Å². The second-order valence-electron chi connectivity index (χ2n) is 9.04. The van der Waals surface area contributed by atoms with Gasteiger partial charge in [-0.05, 0) is 67.8 Å². The van der Waals surface area contributed by atoms with Crippen LogP contribution in [0.2, 0.25) is 0 Å². The molecule has 1 saturated heterocycles. The highest BCUT2D eigenvalue weighted by Gasteiger charge is 2.41. The van der Waals surface area contributed by atoms with Gasteiger partial charge in [-0.1, -0.05) is 6.07 Å². The van der Waals surface area contributed by atoms with Gasteiger partial charge in [0.2, 0.25) is 5.91 Å². The smallest absolute Gasteiger partial charge is 0.323 e. The fourth-order valence-electron chi connectivity index (χ4n) is 4.65. The van der Waals surface area contributed by atoms with E-state index >= 15 is 0 Å². The van der Waals surface area contributed by atoms with Crippen LogP contribution in [0, 0.1) is 0 Å². The first-order valence-corrected chi connectivity index (χ1v) is 12.9. The van der Waals surface area contributed by atoms with E-state index < -0.39 is 12.2 Å². The van der Waals surface area contributed by atoms with E-state index in [0.717, 1.165) is 30.6 Å². The van der Waals surface area contributed by atoms with E-state index in [2.05, 4.69) is 10.6 Å². The zero-order chi connectivity index (χ0) is 24.8. The summed E-state index contributed by atoms with van der Waals surface area (Å²) in [5.74, 6) is 0.186. The minimum Gasteiger partial charge on any atom is -0.497 e. The molecule has 4 N–H and O–H groups in total. The third-order valence-corrected chi connectivity index (χ3v) is 7.45. The summed E-state index contributed by atoms with van der Waals surface area (Å²) in [4.78, 5) is 44.1. The number of thiophene rings is 1. The van der Waals surface area contributed by atoms with E-state index in [4.69, 9.17) is 10.5 Å². The van der Waals surface area contributed by atoms with Crippen LogP contribution >= 0.6 is 11.3 Å². The third kappa shape index (κ3) is 6.32. The number of methoxy groups -OCH3 is 1. The molecule has 1 aromatic heterocycles. The summed E-state index contributed by atoms with van der Waals surface area (Å²) in [6.07, 6.45) is 3.06. The SMILES string of the molecule is COc1ccc(NC(=O)N2CCCN(C(=O)Cc3cccs3)C2C(=O)NC2CCC(N)CC2)cc1. The average molecular weight is 500 g/mol. The highest BCUT2D eigenvalue weighted by molar-refractivity contribution is 7.10. The zero-order valence-electron chi connectivity index (χ0n) is 19.9. The molecule has 1 atom stereocenters. The molecule has 10 heteroatoms. The molecule has 1 saturated carbocycles. The van der Waals surface area contributed by atoms with Crippen molar-refractivity contribution in [2.24, 2.45) is 5.73 Å². The summed E-state index contributed by atoms with van der Waals surface area (Å²) in [5, 5.41) is 7.88. The number of ether oxygens (including phenoxy) is 1. The minimum absolute atomic E-state index is 0.00928. The molecule has 4 rings (SSSR count). The topological polar surface area (TPSA) is 117 Å². The molecular formula is C25H33N5O4S. The van der Waals surface area contributed by atoms with Crippen LogP contribution in [0.25, 0.3) is 0 Å². The minimum atomic E-state index is -1.01. The number of carbonyl (C=O) groups is 3. The largest absolute Gasteiger partial charge is 0.497 e. The number of benzene rings is 1. The van der Waals surface area contributed by atoms with Crippen molar-refractivity contribution < 1.29 is 19.1 Å². The van der Waals surface area contributed by atoms with Crippen molar-refractivity contribution >= 4 is 34.9 Å². The maximum atomic E-state index is 13.5. The maximum Gasteiger partial charge on any atom is 0.323 e. The molecule has 1 aliphatic carbocycles. The summed E-state index contributed by atoms with van der Waals surface area (Å²) >= 11 is 1.50. The summed E-state index contributed by atoms with van der Waals surface area (Å²) in [6, 6.07) is 10.5. The summed E-state index contributed by atoms with van der Waals surface area (Å²) in [6.45, 7) is 0.794. The van der Waals surface area contributed by atoms with Crippen LogP contribution in [-0.4, -0.2) is 66.1 Å². The van der Waals surface area contributed by atoms with Gasteiger partial charge in [-0.15, -0.1) is 11.3 Å². The summed E-state index contributed by atoms with van der Waals surface area (Å²) in [5.41, 5.74) is 6.60. The molecule has 0 radical (unpaired) electrons. The highest BCUT2D eigenvalue weighted by atomic mass is 32.1. The lowest BCUT2D eigenvalue weighted by Crippen LogP contribution is -2.65. The van der Waals surface area contributed by atoms with Crippen LogP contribution in [0.5, 0.6) is 5.75 Å². The van der Waals surface area contributed by atoms with Crippen molar-refractivity contribution in [3.05, 3.63) is 46.7 Å². The Morgan fingerprint density at radius 1 is 1.06 bits per heavy atom. The molecule has 4 amide bonds. The summed E-state index contributed by atoms with van der Waals surface area (Å²) < 4.78 is 5.17. The molecule has 1 unspecified atom stereocenters. The number of rotatable bonds is 6. The molecule has 0 spiro atoms. The third-order valence-electron chi connectivity index (χ3n) is 6.57. The molecule has 35 heavy (non-hydrogen) atoms. The second-order valence-corrected chi connectivity index (χ2v) is 10.1. The molecule has 9 nitrogen and oxygen atoms in total. The Bertz CT molecular complexity index is 1010.